The molecule has 2 atom stereocenters. The molecule has 0 bridgehead atoms. The lowest BCUT2D eigenvalue weighted by atomic mass is 9.99. The van der Waals surface area contributed by atoms with E-state index < -0.39 is 0 Å². The maximum absolute atomic E-state index is 13.7. The number of rotatable bonds is 6. The third kappa shape index (κ3) is 3.53. The SMILES string of the molecule is CNC(CCCC1CCCO1)c1ccccc1F. The van der Waals surface area contributed by atoms with E-state index in [0.717, 1.165) is 31.4 Å². The molecule has 1 aromatic rings. The highest BCUT2D eigenvalue weighted by atomic mass is 19.1. The lowest BCUT2D eigenvalue weighted by Gasteiger charge is -2.18. The van der Waals surface area contributed by atoms with Crippen molar-refractivity contribution < 1.29 is 9.13 Å². The summed E-state index contributed by atoms with van der Waals surface area (Å²) in [5.74, 6) is -0.117. The molecule has 2 rings (SSSR count). The van der Waals surface area contributed by atoms with Gasteiger partial charge in [-0.05, 0) is 45.2 Å². The topological polar surface area (TPSA) is 21.3 Å². The van der Waals surface area contributed by atoms with Crippen molar-refractivity contribution in [1.29, 1.82) is 0 Å². The van der Waals surface area contributed by atoms with Gasteiger partial charge in [-0.3, -0.25) is 0 Å². The Morgan fingerprint density at radius 2 is 2.28 bits per heavy atom. The first-order chi connectivity index (χ1) is 8.81. The molecule has 18 heavy (non-hydrogen) atoms. The van der Waals surface area contributed by atoms with Crippen LogP contribution in [0, 0.1) is 5.82 Å². The van der Waals surface area contributed by atoms with E-state index >= 15 is 0 Å². The molecule has 0 aromatic heterocycles. The maximum atomic E-state index is 13.7. The number of hydrogen-bond donors (Lipinski definition) is 1. The van der Waals surface area contributed by atoms with Crippen molar-refractivity contribution in [3.05, 3.63) is 35.6 Å². The second kappa shape index (κ2) is 6.86. The van der Waals surface area contributed by atoms with Crippen molar-refractivity contribution in [3.63, 3.8) is 0 Å². The number of benzene rings is 1. The fraction of sp³-hybridized carbons (Fsp3) is 0.600. The van der Waals surface area contributed by atoms with E-state index in [2.05, 4.69) is 5.32 Å². The third-order valence-electron chi connectivity index (χ3n) is 3.67. The Bertz CT molecular complexity index is 363. The summed E-state index contributed by atoms with van der Waals surface area (Å²) in [5.41, 5.74) is 0.771. The molecule has 0 aliphatic carbocycles. The summed E-state index contributed by atoms with van der Waals surface area (Å²) in [4.78, 5) is 0. The van der Waals surface area contributed by atoms with Crippen molar-refractivity contribution >= 4 is 0 Å². The Kier molecular flexibility index (Phi) is 5.14. The molecule has 1 N–H and O–H groups in total. The molecule has 2 nitrogen and oxygen atoms in total. The van der Waals surface area contributed by atoms with Crippen LogP contribution in [0.3, 0.4) is 0 Å². The first-order valence-corrected chi connectivity index (χ1v) is 6.84. The number of nitrogens with one attached hydrogen (secondary N) is 1. The van der Waals surface area contributed by atoms with Gasteiger partial charge in [0.1, 0.15) is 5.82 Å². The van der Waals surface area contributed by atoms with Crippen molar-refractivity contribution in [3.8, 4) is 0 Å². The normalized spacial score (nSPS) is 21.1. The van der Waals surface area contributed by atoms with Crippen molar-refractivity contribution in [2.75, 3.05) is 13.7 Å². The second-order valence-electron chi connectivity index (χ2n) is 4.93. The lowest BCUT2D eigenvalue weighted by molar-refractivity contribution is 0.101. The zero-order valence-electron chi connectivity index (χ0n) is 11.0. The molecule has 0 spiro atoms. The summed E-state index contributed by atoms with van der Waals surface area (Å²) in [5, 5.41) is 3.20. The van der Waals surface area contributed by atoms with Crippen LogP contribution in [0.1, 0.15) is 43.7 Å². The van der Waals surface area contributed by atoms with Crippen LogP contribution >= 0.6 is 0 Å². The van der Waals surface area contributed by atoms with Gasteiger partial charge in [0, 0.05) is 18.2 Å². The summed E-state index contributed by atoms with van der Waals surface area (Å²) in [6.45, 7) is 0.910. The standard InChI is InChI=1S/C15H22FNO/c1-17-15(13-8-2-3-9-14(13)16)10-4-6-12-7-5-11-18-12/h2-3,8-9,12,15,17H,4-7,10-11H2,1H3. The van der Waals surface area contributed by atoms with E-state index in [-0.39, 0.29) is 11.9 Å². The van der Waals surface area contributed by atoms with E-state index in [1.807, 2.05) is 19.2 Å². The van der Waals surface area contributed by atoms with Gasteiger partial charge in [-0.15, -0.1) is 0 Å². The molecule has 3 heteroatoms. The highest BCUT2D eigenvalue weighted by Crippen LogP contribution is 2.24. The summed E-state index contributed by atoms with van der Waals surface area (Å²) in [7, 11) is 1.89. The molecule has 1 saturated heterocycles. The molecule has 1 aliphatic heterocycles. The summed E-state index contributed by atoms with van der Waals surface area (Å²) < 4.78 is 19.3. The zero-order valence-corrected chi connectivity index (χ0v) is 11.0. The molecule has 0 saturated carbocycles. The van der Waals surface area contributed by atoms with Gasteiger partial charge in [-0.1, -0.05) is 18.2 Å². The molecule has 0 radical (unpaired) electrons. The van der Waals surface area contributed by atoms with E-state index in [1.165, 1.54) is 18.9 Å². The van der Waals surface area contributed by atoms with E-state index in [4.69, 9.17) is 4.74 Å². The molecule has 1 aliphatic rings. The van der Waals surface area contributed by atoms with Crippen LogP contribution in [-0.4, -0.2) is 19.8 Å². The monoisotopic (exact) mass is 251 g/mol. The Labute approximate surface area is 109 Å². The average molecular weight is 251 g/mol. The Morgan fingerprint density at radius 3 is 2.94 bits per heavy atom. The van der Waals surface area contributed by atoms with Crippen LogP contribution in [0.15, 0.2) is 24.3 Å². The van der Waals surface area contributed by atoms with Crippen LogP contribution in [0.25, 0.3) is 0 Å². The first kappa shape index (κ1) is 13.5. The summed E-state index contributed by atoms with van der Waals surface area (Å²) in [6.07, 6.45) is 5.93. The van der Waals surface area contributed by atoms with Gasteiger partial charge in [0.05, 0.1) is 6.10 Å². The minimum Gasteiger partial charge on any atom is -0.378 e. The smallest absolute Gasteiger partial charge is 0.127 e. The lowest BCUT2D eigenvalue weighted by Crippen LogP contribution is -2.18. The molecule has 1 fully saturated rings. The molecular formula is C15H22FNO. The molecule has 1 heterocycles. The van der Waals surface area contributed by atoms with Crippen molar-refractivity contribution in [2.24, 2.45) is 0 Å². The van der Waals surface area contributed by atoms with Gasteiger partial charge < -0.3 is 10.1 Å². The number of halogens is 1. The molecule has 0 amide bonds. The minimum atomic E-state index is -0.117. The summed E-state index contributed by atoms with van der Waals surface area (Å²) >= 11 is 0. The third-order valence-corrected chi connectivity index (χ3v) is 3.67. The van der Waals surface area contributed by atoms with Crippen LogP contribution < -0.4 is 5.32 Å². The quantitative estimate of drug-likeness (QED) is 0.836. The first-order valence-electron chi connectivity index (χ1n) is 6.84. The van der Waals surface area contributed by atoms with Gasteiger partial charge in [0.25, 0.3) is 0 Å². The Morgan fingerprint density at radius 1 is 1.44 bits per heavy atom. The van der Waals surface area contributed by atoms with Crippen LogP contribution in [-0.2, 0) is 4.74 Å². The van der Waals surface area contributed by atoms with Crippen LogP contribution in [0.2, 0.25) is 0 Å². The van der Waals surface area contributed by atoms with Gasteiger partial charge in [-0.2, -0.15) is 0 Å². The fourth-order valence-corrected chi connectivity index (χ4v) is 2.63. The van der Waals surface area contributed by atoms with Crippen molar-refractivity contribution in [2.45, 2.75) is 44.2 Å². The van der Waals surface area contributed by atoms with Gasteiger partial charge in [0.15, 0.2) is 0 Å². The van der Waals surface area contributed by atoms with E-state index in [9.17, 15) is 4.39 Å². The number of ether oxygens (including phenoxy) is 1. The molecule has 100 valence electrons. The zero-order chi connectivity index (χ0) is 12.8. The Hall–Kier alpha value is -0.930. The van der Waals surface area contributed by atoms with Crippen molar-refractivity contribution in [1.82, 2.24) is 5.32 Å². The Balaban J connectivity index is 1.83. The second-order valence-corrected chi connectivity index (χ2v) is 4.93. The highest BCUT2D eigenvalue weighted by molar-refractivity contribution is 5.21. The molecular weight excluding hydrogens is 229 g/mol. The predicted molar refractivity (Wildman–Crippen MR) is 71.0 cm³/mol. The van der Waals surface area contributed by atoms with Gasteiger partial charge in [-0.25, -0.2) is 4.39 Å². The predicted octanol–water partition coefficient (Wildman–Crippen LogP) is 3.44. The minimum absolute atomic E-state index is 0.104. The highest BCUT2D eigenvalue weighted by Gasteiger charge is 2.17. The maximum Gasteiger partial charge on any atom is 0.127 e. The molecule has 1 aromatic carbocycles. The fourth-order valence-electron chi connectivity index (χ4n) is 2.63. The molecule has 2 unspecified atom stereocenters. The average Bonchev–Trinajstić information content (AvgIpc) is 2.89. The summed E-state index contributed by atoms with van der Waals surface area (Å²) in [6, 6.07) is 7.12. The largest absolute Gasteiger partial charge is 0.378 e. The van der Waals surface area contributed by atoms with E-state index in [1.54, 1.807) is 6.07 Å². The number of hydrogen-bond acceptors (Lipinski definition) is 2. The van der Waals surface area contributed by atoms with Crippen LogP contribution in [0.4, 0.5) is 4.39 Å². The van der Waals surface area contributed by atoms with Crippen LogP contribution in [0.5, 0.6) is 0 Å². The van der Waals surface area contributed by atoms with E-state index in [0.29, 0.717) is 6.10 Å². The van der Waals surface area contributed by atoms with Gasteiger partial charge >= 0.3 is 0 Å². The van der Waals surface area contributed by atoms with Gasteiger partial charge in [0.2, 0.25) is 0 Å².